The number of rotatable bonds is 4. The molecule has 5 rings (SSSR count). The van der Waals surface area contributed by atoms with Crippen LogP contribution in [0.2, 0.25) is 5.02 Å². The lowest BCUT2D eigenvalue weighted by atomic mass is 9.99. The molecule has 0 atom stereocenters. The molecule has 3 heterocycles. The summed E-state index contributed by atoms with van der Waals surface area (Å²) in [6, 6.07) is 10.1. The molecule has 1 fully saturated rings. The van der Waals surface area contributed by atoms with Crippen LogP contribution < -0.4 is 4.90 Å². The van der Waals surface area contributed by atoms with Gasteiger partial charge in [-0.1, -0.05) is 18.5 Å². The van der Waals surface area contributed by atoms with Gasteiger partial charge in [-0.3, -0.25) is 9.78 Å². The van der Waals surface area contributed by atoms with Crippen molar-refractivity contribution in [2.75, 3.05) is 4.90 Å². The normalized spacial score (nSPS) is 17.3. The monoisotopic (exact) mass is 364 g/mol. The maximum atomic E-state index is 13.1. The summed E-state index contributed by atoms with van der Waals surface area (Å²) in [6.07, 6.45) is 6.28. The predicted octanol–water partition coefficient (Wildman–Crippen LogP) is 4.49. The van der Waals surface area contributed by atoms with E-state index in [0.29, 0.717) is 6.54 Å². The maximum Gasteiger partial charge on any atom is 0.238 e. The smallest absolute Gasteiger partial charge is 0.238 e. The minimum Gasteiger partial charge on any atom is -0.343 e. The number of hydrogen-bond acceptors (Lipinski definition) is 2. The van der Waals surface area contributed by atoms with Crippen molar-refractivity contribution in [2.24, 2.45) is 0 Å². The number of aryl methyl sites for hydroxylation is 1. The first-order valence-corrected chi connectivity index (χ1v) is 9.35. The number of anilines is 1. The minimum atomic E-state index is -0.287. The zero-order valence-electron chi connectivity index (χ0n) is 14.4. The molecule has 1 aliphatic carbocycles. The third kappa shape index (κ3) is 2.15. The van der Waals surface area contributed by atoms with Crippen molar-refractivity contribution >= 4 is 34.1 Å². The van der Waals surface area contributed by atoms with E-state index >= 15 is 0 Å². The van der Waals surface area contributed by atoms with Crippen LogP contribution in [0.3, 0.4) is 0 Å². The average molecular weight is 365 g/mol. The van der Waals surface area contributed by atoms with E-state index in [0.717, 1.165) is 58.7 Å². The molecular formula is C21H19ClN3O. The van der Waals surface area contributed by atoms with Crippen molar-refractivity contribution < 1.29 is 4.79 Å². The lowest BCUT2D eigenvalue weighted by molar-refractivity contribution is -0.120. The summed E-state index contributed by atoms with van der Waals surface area (Å²) in [6.45, 7) is 5.36. The molecule has 0 N–H and O–H groups in total. The molecular weight excluding hydrogens is 346 g/mol. The summed E-state index contributed by atoms with van der Waals surface area (Å²) in [5, 5.41) is 1.82. The second-order valence-corrected chi connectivity index (χ2v) is 7.65. The lowest BCUT2D eigenvalue weighted by Crippen LogP contribution is -2.32. The summed E-state index contributed by atoms with van der Waals surface area (Å²) in [5.41, 5.74) is 4.05. The molecule has 131 valence electrons. The first-order valence-electron chi connectivity index (χ1n) is 8.97. The number of halogens is 1. The van der Waals surface area contributed by atoms with Crippen LogP contribution in [0.15, 0.2) is 42.7 Å². The minimum absolute atomic E-state index is 0.213. The van der Waals surface area contributed by atoms with Gasteiger partial charge in [0.2, 0.25) is 5.91 Å². The van der Waals surface area contributed by atoms with Crippen molar-refractivity contribution in [3.05, 3.63) is 65.9 Å². The summed E-state index contributed by atoms with van der Waals surface area (Å²) >= 11 is 6.17. The van der Waals surface area contributed by atoms with Gasteiger partial charge >= 0.3 is 0 Å². The third-order valence-electron chi connectivity index (χ3n) is 5.66. The summed E-state index contributed by atoms with van der Waals surface area (Å²) < 4.78 is 2.25. The van der Waals surface area contributed by atoms with Gasteiger partial charge in [0.15, 0.2) is 0 Å². The van der Waals surface area contributed by atoms with Gasteiger partial charge in [0, 0.05) is 34.4 Å². The molecule has 1 aromatic carbocycles. The van der Waals surface area contributed by atoms with Crippen LogP contribution in [0.4, 0.5) is 5.69 Å². The molecule has 0 unspecified atom stereocenters. The number of pyridine rings is 1. The number of nitrogens with zero attached hydrogens (tertiary/aromatic N) is 3. The molecule has 2 aliphatic rings. The summed E-state index contributed by atoms with van der Waals surface area (Å²) in [5.74, 6) is 0.213. The lowest BCUT2D eigenvalue weighted by Gasteiger charge is -2.19. The average Bonchev–Trinajstić information content (AvgIpc) is 3.34. The zero-order chi connectivity index (χ0) is 17.9. The fraction of sp³-hybridized carbons (Fsp3) is 0.286. The van der Waals surface area contributed by atoms with E-state index in [1.807, 2.05) is 35.4 Å². The summed E-state index contributed by atoms with van der Waals surface area (Å²) in [4.78, 5) is 19.3. The predicted molar refractivity (Wildman–Crippen MR) is 103 cm³/mol. The molecule has 1 aliphatic heterocycles. The van der Waals surface area contributed by atoms with Crippen molar-refractivity contribution in [1.29, 1.82) is 0 Å². The Balaban J connectivity index is 1.60. The fourth-order valence-electron chi connectivity index (χ4n) is 4.27. The molecule has 0 saturated heterocycles. The molecule has 5 heteroatoms. The van der Waals surface area contributed by atoms with Gasteiger partial charge in [0.05, 0.1) is 23.8 Å². The first-order chi connectivity index (χ1) is 12.6. The molecule has 1 saturated carbocycles. The van der Waals surface area contributed by atoms with Crippen LogP contribution >= 0.6 is 11.6 Å². The van der Waals surface area contributed by atoms with E-state index in [9.17, 15) is 4.79 Å². The number of amides is 1. The van der Waals surface area contributed by atoms with Crippen molar-refractivity contribution in [3.63, 3.8) is 0 Å². The third-order valence-corrected chi connectivity index (χ3v) is 5.90. The van der Waals surface area contributed by atoms with Gasteiger partial charge in [0.1, 0.15) is 0 Å². The second-order valence-electron chi connectivity index (χ2n) is 7.21. The molecule has 3 aromatic rings. The van der Waals surface area contributed by atoms with Crippen LogP contribution in [0, 0.1) is 6.92 Å². The quantitative estimate of drug-likeness (QED) is 0.684. The Morgan fingerprint density at radius 1 is 1.23 bits per heavy atom. The molecule has 26 heavy (non-hydrogen) atoms. The van der Waals surface area contributed by atoms with E-state index < -0.39 is 0 Å². The number of aromatic nitrogens is 2. The Morgan fingerprint density at radius 2 is 2.08 bits per heavy atom. The van der Waals surface area contributed by atoms with Crippen LogP contribution in [0.25, 0.3) is 10.9 Å². The molecule has 0 bridgehead atoms. The number of carbonyl (C=O) groups excluding carboxylic acids is 1. The van der Waals surface area contributed by atoms with Crippen molar-refractivity contribution in [2.45, 2.75) is 37.8 Å². The van der Waals surface area contributed by atoms with Crippen LogP contribution in [-0.4, -0.2) is 15.5 Å². The number of hydrogen-bond donors (Lipinski definition) is 0. The fourth-order valence-corrected chi connectivity index (χ4v) is 4.45. The highest BCUT2D eigenvalue weighted by Gasteiger charge is 2.59. The topological polar surface area (TPSA) is 38.1 Å². The Bertz CT molecular complexity index is 1030. The Labute approximate surface area is 157 Å². The van der Waals surface area contributed by atoms with Crippen LogP contribution in [0.1, 0.15) is 30.5 Å². The molecule has 1 spiro atoms. The largest absolute Gasteiger partial charge is 0.343 e. The summed E-state index contributed by atoms with van der Waals surface area (Å²) in [7, 11) is 0. The standard InChI is InChI=1S/C21H19ClN3O/c1-2-9-24-16(11-14-10-15(22)3-4-18(14)24)13-25-19-12-23-8-5-17(19)21(6-7-21)20(25)26/h3-5,8,10-12H,1-2,6-7,9,13H2. The first kappa shape index (κ1) is 15.9. The Morgan fingerprint density at radius 3 is 2.85 bits per heavy atom. The van der Waals surface area contributed by atoms with Gasteiger partial charge in [-0.2, -0.15) is 0 Å². The van der Waals surface area contributed by atoms with Crippen LogP contribution in [-0.2, 0) is 23.3 Å². The SMILES string of the molecule is [CH2]CCn1c(CN2C(=O)C3(CC3)c3ccncc32)cc2cc(Cl)ccc21. The second kappa shape index (κ2) is 5.58. The van der Waals surface area contributed by atoms with Crippen LogP contribution in [0.5, 0.6) is 0 Å². The van der Waals surface area contributed by atoms with Gasteiger partial charge in [-0.05, 0) is 55.2 Å². The number of fused-ring (bicyclic) bond motifs is 3. The zero-order valence-corrected chi connectivity index (χ0v) is 15.2. The molecule has 1 amide bonds. The van der Waals surface area contributed by atoms with Crippen molar-refractivity contribution in [3.8, 4) is 0 Å². The highest BCUT2D eigenvalue weighted by atomic mass is 35.5. The highest BCUT2D eigenvalue weighted by molar-refractivity contribution is 6.31. The molecule has 2 aromatic heterocycles. The van der Waals surface area contributed by atoms with Gasteiger partial charge in [-0.15, -0.1) is 0 Å². The van der Waals surface area contributed by atoms with Crippen molar-refractivity contribution in [1.82, 2.24) is 9.55 Å². The number of carbonyl (C=O) groups is 1. The Hall–Kier alpha value is -2.33. The molecule has 1 radical (unpaired) electrons. The van der Waals surface area contributed by atoms with E-state index in [-0.39, 0.29) is 11.3 Å². The van der Waals surface area contributed by atoms with Gasteiger partial charge in [-0.25, -0.2) is 0 Å². The Kier molecular flexibility index (Phi) is 3.41. The van der Waals surface area contributed by atoms with E-state index in [1.165, 1.54) is 0 Å². The highest BCUT2D eigenvalue weighted by Crippen LogP contribution is 2.57. The van der Waals surface area contributed by atoms with Gasteiger partial charge in [0.25, 0.3) is 0 Å². The maximum absolute atomic E-state index is 13.1. The van der Waals surface area contributed by atoms with E-state index in [1.54, 1.807) is 6.20 Å². The van der Waals surface area contributed by atoms with E-state index in [2.05, 4.69) is 22.5 Å². The number of benzene rings is 1. The van der Waals surface area contributed by atoms with Gasteiger partial charge < -0.3 is 9.47 Å². The van der Waals surface area contributed by atoms with E-state index in [4.69, 9.17) is 11.6 Å². The molecule has 4 nitrogen and oxygen atoms in total.